The average molecular weight is 112 g/mol. The fraction of sp³-hybridized carbons (Fsp3) is 0.429. The smallest absolute Gasteiger partial charge is 0.0825 e. The molecule has 0 aliphatic carbocycles. The van der Waals surface area contributed by atoms with Crippen molar-refractivity contribution >= 4 is 0 Å². The van der Waals surface area contributed by atoms with E-state index in [1.54, 1.807) is 0 Å². The van der Waals surface area contributed by atoms with Gasteiger partial charge in [-0.05, 0) is 18.9 Å². The van der Waals surface area contributed by atoms with Crippen molar-refractivity contribution in [2.24, 2.45) is 0 Å². The van der Waals surface area contributed by atoms with Gasteiger partial charge >= 0.3 is 0 Å². The second-order valence-electron chi connectivity index (χ2n) is 1.79. The SMILES string of the molecule is C=C(C)/C(=C\O)CC. The zero-order valence-corrected chi connectivity index (χ0v) is 5.44. The zero-order chi connectivity index (χ0) is 6.57. The second-order valence-corrected chi connectivity index (χ2v) is 1.79. The lowest BCUT2D eigenvalue weighted by Crippen LogP contribution is -1.79. The highest BCUT2D eigenvalue weighted by Crippen LogP contribution is 2.08. The Morgan fingerprint density at radius 2 is 2.25 bits per heavy atom. The molecule has 46 valence electrons. The topological polar surface area (TPSA) is 20.2 Å². The molecule has 0 fully saturated rings. The van der Waals surface area contributed by atoms with E-state index >= 15 is 0 Å². The number of aliphatic hydroxyl groups is 1. The normalized spacial score (nSPS) is 11.5. The molecule has 0 aliphatic heterocycles. The third kappa shape index (κ3) is 1.82. The van der Waals surface area contributed by atoms with E-state index in [-0.39, 0.29) is 0 Å². The van der Waals surface area contributed by atoms with Gasteiger partial charge in [-0.1, -0.05) is 19.1 Å². The van der Waals surface area contributed by atoms with E-state index < -0.39 is 0 Å². The molecule has 0 saturated heterocycles. The van der Waals surface area contributed by atoms with Gasteiger partial charge in [-0.3, -0.25) is 0 Å². The Balaban J connectivity index is 3.92. The third-order valence-corrected chi connectivity index (χ3v) is 1.08. The lowest BCUT2D eigenvalue weighted by Gasteiger charge is -1.97. The Hall–Kier alpha value is -0.720. The molecule has 8 heavy (non-hydrogen) atoms. The summed E-state index contributed by atoms with van der Waals surface area (Å²) < 4.78 is 0. The average Bonchev–Trinajstić information content (AvgIpc) is 1.69. The Kier molecular flexibility index (Phi) is 3.01. The summed E-state index contributed by atoms with van der Waals surface area (Å²) in [5.41, 5.74) is 1.86. The molecule has 1 heteroatoms. The van der Waals surface area contributed by atoms with E-state index in [1.165, 1.54) is 0 Å². The molecule has 0 saturated carbocycles. The summed E-state index contributed by atoms with van der Waals surface area (Å²) in [6.07, 6.45) is 1.97. The molecule has 0 aromatic carbocycles. The highest BCUT2D eigenvalue weighted by Gasteiger charge is 1.90. The minimum atomic E-state index is 0.853. The van der Waals surface area contributed by atoms with Gasteiger partial charge in [-0.25, -0.2) is 0 Å². The summed E-state index contributed by atoms with van der Waals surface area (Å²) in [5.74, 6) is 0. The summed E-state index contributed by atoms with van der Waals surface area (Å²) in [5, 5.41) is 8.47. The number of hydrogen-bond donors (Lipinski definition) is 1. The molecule has 0 aromatic heterocycles. The molecule has 0 unspecified atom stereocenters. The molecule has 0 rings (SSSR count). The predicted molar refractivity (Wildman–Crippen MR) is 35.8 cm³/mol. The monoisotopic (exact) mass is 112 g/mol. The van der Waals surface area contributed by atoms with Crippen LogP contribution in [0.1, 0.15) is 20.3 Å². The van der Waals surface area contributed by atoms with Gasteiger partial charge in [0.15, 0.2) is 0 Å². The minimum absolute atomic E-state index is 0.853. The van der Waals surface area contributed by atoms with Gasteiger partial charge in [-0.15, -0.1) is 0 Å². The summed E-state index contributed by atoms with van der Waals surface area (Å²) in [7, 11) is 0. The lowest BCUT2D eigenvalue weighted by molar-refractivity contribution is 0.466. The first-order valence-electron chi connectivity index (χ1n) is 2.71. The van der Waals surface area contributed by atoms with Crippen LogP contribution in [-0.4, -0.2) is 5.11 Å². The third-order valence-electron chi connectivity index (χ3n) is 1.08. The fourth-order valence-corrected chi connectivity index (χ4v) is 0.503. The minimum Gasteiger partial charge on any atom is -0.515 e. The molecule has 0 amide bonds. The molecule has 0 aromatic rings. The zero-order valence-electron chi connectivity index (χ0n) is 5.44. The predicted octanol–water partition coefficient (Wildman–Crippen LogP) is 2.41. The molecule has 0 heterocycles. The van der Waals surface area contributed by atoms with Crippen molar-refractivity contribution in [1.82, 2.24) is 0 Å². The summed E-state index contributed by atoms with van der Waals surface area (Å²) in [6.45, 7) is 7.53. The summed E-state index contributed by atoms with van der Waals surface area (Å²) in [4.78, 5) is 0. The van der Waals surface area contributed by atoms with E-state index in [0.29, 0.717) is 0 Å². The van der Waals surface area contributed by atoms with Crippen molar-refractivity contribution in [1.29, 1.82) is 0 Å². The second kappa shape index (κ2) is 3.30. The molecule has 0 spiro atoms. The highest BCUT2D eigenvalue weighted by atomic mass is 16.2. The maximum absolute atomic E-state index is 8.47. The quantitative estimate of drug-likeness (QED) is 0.429. The van der Waals surface area contributed by atoms with Crippen molar-refractivity contribution in [3.05, 3.63) is 24.0 Å². The molecule has 0 radical (unpaired) electrons. The van der Waals surface area contributed by atoms with Gasteiger partial charge in [0.25, 0.3) is 0 Å². The molecule has 1 nitrogen and oxygen atoms in total. The Labute approximate surface area is 50.3 Å². The molecule has 1 N–H and O–H groups in total. The van der Waals surface area contributed by atoms with Crippen molar-refractivity contribution in [3.63, 3.8) is 0 Å². The first kappa shape index (κ1) is 7.28. The van der Waals surface area contributed by atoms with Gasteiger partial charge < -0.3 is 5.11 Å². The fourth-order valence-electron chi connectivity index (χ4n) is 0.503. The van der Waals surface area contributed by atoms with Gasteiger partial charge in [-0.2, -0.15) is 0 Å². The highest BCUT2D eigenvalue weighted by molar-refractivity contribution is 5.23. The number of rotatable bonds is 2. The lowest BCUT2D eigenvalue weighted by atomic mass is 10.1. The van der Waals surface area contributed by atoms with Crippen molar-refractivity contribution < 1.29 is 5.11 Å². The van der Waals surface area contributed by atoms with Gasteiger partial charge in [0, 0.05) is 0 Å². The number of hydrogen-bond acceptors (Lipinski definition) is 1. The van der Waals surface area contributed by atoms with Crippen LogP contribution in [0, 0.1) is 0 Å². The van der Waals surface area contributed by atoms with Crippen LogP contribution in [0.3, 0.4) is 0 Å². The molecular weight excluding hydrogens is 100 g/mol. The van der Waals surface area contributed by atoms with Crippen LogP contribution >= 0.6 is 0 Å². The van der Waals surface area contributed by atoms with E-state index in [9.17, 15) is 0 Å². The van der Waals surface area contributed by atoms with E-state index in [0.717, 1.165) is 23.8 Å². The molecular formula is C7H12O. The van der Waals surface area contributed by atoms with Crippen LogP contribution in [0.25, 0.3) is 0 Å². The largest absolute Gasteiger partial charge is 0.515 e. The molecule has 0 bridgehead atoms. The van der Waals surface area contributed by atoms with Crippen molar-refractivity contribution in [3.8, 4) is 0 Å². The van der Waals surface area contributed by atoms with Crippen LogP contribution in [-0.2, 0) is 0 Å². The summed E-state index contributed by atoms with van der Waals surface area (Å²) >= 11 is 0. The maximum Gasteiger partial charge on any atom is 0.0825 e. The Morgan fingerprint density at radius 1 is 1.75 bits per heavy atom. The van der Waals surface area contributed by atoms with Crippen molar-refractivity contribution in [2.75, 3.05) is 0 Å². The standard InChI is InChI=1S/C7H12O/c1-4-7(5-8)6(2)3/h5,8H,2,4H2,1,3H3/b7-5-. The van der Waals surface area contributed by atoms with Crippen LogP contribution in [0.5, 0.6) is 0 Å². The first-order chi connectivity index (χ1) is 3.72. The number of allylic oxidation sites excluding steroid dienone is 2. The van der Waals surface area contributed by atoms with Crippen LogP contribution < -0.4 is 0 Å². The molecule has 0 atom stereocenters. The van der Waals surface area contributed by atoms with Crippen LogP contribution in [0.15, 0.2) is 24.0 Å². The van der Waals surface area contributed by atoms with Crippen LogP contribution in [0.4, 0.5) is 0 Å². The van der Waals surface area contributed by atoms with Crippen LogP contribution in [0.2, 0.25) is 0 Å². The number of aliphatic hydroxyl groups excluding tert-OH is 1. The maximum atomic E-state index is 8.47. The summed E-state index contributed by atoms with van der Waals surface area (Å²) in [6, 6.07) is 0. The molecule has 0 aliphatic rings. The van der Waals surface area contributed by atoms with Gasteiger partial charge in [0.05, 0.1) is 6.26 Å². The van der Waals surface area contributed by atoms with Crippen molar-refractivity contribution in [2.45, 2.75) is 20.3 Å². The van der Waals surface area contributed by atoms with Gasteiger partial charge in [0.2, 0.25) is 0 Å². The Bertz CT molecular complexity index is 112. The van der Waals surface area contributed by atoms with Gasteiger partial charge in [0.1, 0.15) is 0 Å². The van der Waals surface area contributed by atoms with E-state index in [4.69, 9.17) is 5.11 Å². The Morgan fingerprint density at radius 3 is 2.25 bits per heavy atom. The first-order valence-corrected chi connectivity index (χ1v) is 2.71. The van der Waals surface area contributed by atoms with E-state index in [2.05, 4.69) is 6.58 Å². The van der Waals surface area contributed by atoms with E-state index in [1.807, 2.05) is 13.8 Å².